The maximum Gasteiger partial charge on any atom is 0.181 e. The Morgan fingerprint density at radius 3 is 1.32 bits per heavy atom. The summed E-state index contributed by atoms with van der Waals surface area (Å²) >= 11 is 11.5. The van der Waals surface area contributed by atoms with Gasteiger partial charge in [0.2, 0.25) is 0 Å². The largest absolute Gasteiger partial charge is 0.388 e. The van der Waals surface area contributed by atoms with E-state index in [4.69, 9.17) is 23.2 Å². The van der Waals surface area contributed by atoms with Gasteiger partial charge in [0.15, 0.2) is 19.7 Å². The molecule has 9 heteroatoms. The minimum Gasteiger partial charge on any atom is -0.388 e. The van der Waals surface area contributed by atoms with E-state index in [0.717, 1.165) is 0 Å². The Labute approximate surface area is 157 Å². The quantitative estimate of drug-likeness (QED) is 0.772. The highest BCUT2D eigenvalue weighted by atomic mass is 35.5. The van der Waals surface area contributed by atoms with Crippen molar-refractivity contribution in [3.05, 3.63) is 58.6 Å². The predicted molar refractivity (Wildman–Crippen MR) is 97.6 cm³/mol. The van der Waals surface area contributed by atoms with Gasteiger partial charge in [-0.2, -0.15) is 0 Å². The van der Waals surface area contributed by atoms with Crippen molar-refractivity contribution in [1.82, 2.24) is 0 Å². The summed E-state index contributed by atoms with van der Waals surface area (Å²) < 4.78 is 49.6. The normalized spacial score (nSPS) is 13.0. The molecule has 0 spiro atoms. The second-order valence-corrected chi connectivity index (χ2v) is 10.8. The number of benzene rings is 2. The molecule has 0 saturated carbocycles. The van der Waals surface area contributed by atoms with Gasteiger partial charge in [-0.05, 0) is 55.5 Å². The number of halogens is 2. The van der Waals surface area contributed by atoms with Crippen LogP contribution in [-0.4, -0.2) is 39.0 Å². The topological polar surface area (TPSA) is 88.5 Å². The predicted octanol–water partition coefficient (Wildman–Crippen LogP) is 2.99. The third-order valence-electron chi connectivity index (χ3n) is 3.35. The van der Waals surface area contributed by atoms with Gasteiger partial charge in [0, 0.05) is 10.0 Å². The van der Waals surface area contributed by atoms with Crippen molar-refractivity contribution in [2.24, 2.45) is 0 Å². The molecule has 0 radical (unpaired) electrons. The average molecular weight is 423 g/mol. The van der Waals surface area contributed by atoms with Crippen LogP contribution < -0.4 is 0 Å². The first-order valence-electron chi connectivity index (χ1n) is 7.10. The number of rotatable bonds is 6. The van der Waals surface area contributed by atoms with Crippen molar-refractivity contribution in [3.8, 4) is 0 Å². The van der Waals surface area contributed by atoms with E-state index in [9.17, 15) is 21.9 Å². The van der Waals surface area contributed by atoms with Crippen LogP contribution in [0.4, 0.5) is 0 Å². The number of aliphatic hydroxyl groups is 1. The van der Waals surface area contributed by atoms with Crippen LogP contribution in [0.15, 0.2) is 58.3 Å². The lowest BCUT2D eigenvalue weighted by Gasteiger charge is -2.23. The Balaban J connectivity index is 2.23. The molecular formula is C16H16Cl2O5S2. The zero-order chi connectivity index (χ0) is 18.9. The first-order valence-corrected chi connectivity index (χ1v) is 11.2. The van der Waals surface area contributed by atoms with Gasteiger partial charge in [-0.3, -0.25) is 0 Å². The van der Waals surface area contributed by atoms with E-state index in [1.807, 2.05) is 0 Å². The molecule has 1 N–H and O–H groups in total. The summed E-state index contributed by atoms with van der Waals surface area (Å²) in [5.74, 6) is -1.48. The maximum atomic E-state index is 12.4. The highest BCUT2D eigenvalue weighted by Gasteiger charge is 2.35. The highest BCUT2D eigenvalue weighted by molar-refractivity contribution is 7.92. The van der Waals surface area contributed by atoms with Crippen LogP contribution in [0, 0.1) is 0 Å². The summed E-state index contributed by atoms with van der Waals surface area (Å²) in [6.45, 7) is 1.17. The number of hydrogen-bond acceptors (Lipinski definition) is 5. The molecule has 0 fully saturated rings. The minimum atomic E-state index is -3.89. The standard InChI is InChI=1S/C16H16Cl2O5S2/c1-16(19,10-24(20,21)14-6-2-12(17)3-7-14)11-25(22,23)15-8-4-13(18)5-9-15/h2-9,19H,10-11H2,1H3. The molecule has 136 valence electrons. The van der Waals surface area contributed by atoms with Crippen LogP contribution in [0.1, 0.15) is 6.92 Å². The fourth-order valence-corrected chi connectivity index (χ4v) is 5.97. The molecule has 0 aliphatic rings. The van der Waals surface area contributed by atoms with Crippen LogP contribution >= 0.6 is 23.2 Å². The minimum absolute atomic E-state index is 0.0407. The Morgan fingerprint density at radius 1 is 0.760 bits per heavy atom. The Kier molecular flexibility index (Phi) is 5.85. The maximum absolute atomic E-state index is 12.4. The molecule has 0 aliphatic heterocycles. The molecule has 0 atom stereocenters. The van der Waals surface area contributed by atoms with Gasteiger partial charge in [0.1, 0.15) is 0 Å². The zero-order valence-corrected chi connectivity index (χ0v) is 16.3. The second kappa shape index (κ2) is 7.25. The summed E-state index contributed by atoms with van der Waals surface area (Å²) in [5.41, 5.74) is -1.98. The lowest BCUT2D eigenvalue weighted by atomic mass is 10.2. The van der Waals surface area contributed by atoms with Gasteiger partial charge in [0.05, 0.1) is 26.9 Å². The number of hydrogen-bond donors (Lipinski definition) is 1. The molecule has 2 rings (SSSR count). The van der Waals surface area contributed by atoms with E-state index in [1.165, 1.54) is 55.5 Å². The van der Waals surface area contributed by atoms with Crippen LogP contribution in [0.3, 0.4) is 0 Å². The molecule has 0 aromatic heterocycles. The molecule has 0 aliphatic carbocycles. The van der Waals surface area contributed by atoms with E-state index in [1.54, 1.807) is 0 Å². The molecule has 0 bridgehead atoms. The first-order chi connectivity index (χ1) is 11.4. The van der Waals surface area contributed by atoms with Crippen molar-refractivity contribution in [2.75, 3.05) is 11.5 Å². The third-order valence-corrected chi connectivity index (χ3v) is 7.84. The summed E-state index contributed by atoms with van der Waals surface area (Å²) in [5, 5.41) is 11.1. The lowest BCUT2D eigenvalue weighted by molar-refractivity contribution is 0.108. The van der Waals surface area contributed by atoms with Crippen LogP contribution in [0.5, 0.6) is 0 Å². The fraction of sp³-hybridized carbons (Fsp3) is 0.250. The molecular weight excluding hydrogens is 407 g/mol. The van der Waals surface area contributed by atoms with E-state index in [2.05, 4.69) is 0 Å². The van der Waals surface area contributed by atoms with Crippen LogP contribution in [0.25, 0.3) is 0 Å². The van der Waals surface area contributed by atoms with E-state index in [-0.39, 0.29) is 9.79 Å². The summed E-state index contributed by atoms with van der Waals surface area (Å²) in [6, 6.07) is 10.9. The van der Waals surface area contributed by atoms with Gasteiger partial charge in [0.25, 0.3) is 0 Å². The van der Waals surface area contributed by atoms with Gasteiger partial charge < -0.3 is 5.11 Å². The molecule has 2 aromatic rings. The van der Waals surface area contributed by atoms with Crippen molar-refractivity contribution in [3.63, 3.8) is 0 Å². The van der Waals surface area contributed by atoms with E-state index >= 15 is 0 Å². The molecule has 0 unspecified atom stereocenters. The lowest BCUT2D eigenvalue weighted by Crippen LogP contribution is -2.40. The summed E-state index contributed by atoms with van der Waals surface area (Å²) in [4.78, 5) is -0.0814. The molecule has 5 nitrogen and oxygen atoms in total. The van der Waals surface area contributed by atoms with Gasteiger partial charge >= 0.3 is 0 Å². The zero-order valence-electron chi connectivity index (χ0n) is 13.2. The van der Waals surface area contributed by atoms with Gasteiger partial charge in [-0.15, -0.1) is 0 Å². The Bertz CT molecular complexity index is 869. The van der Waals surface area contributed by atoms with Crippen molar-refractivity contribution >= 4 is 42.9 Å². The molecule has 2 aromatic carbocycles. The molecule has 0 heterocycles. The highest BCUT2D eigenvalue weighted by Crippen LogP contribution is 2.23. The Hall–Kier alpha value is -1.12. The SMILES string of the molecule is CC(O)(CS(=O)(=O)c1ccc(Cl)cc1)CS(=O)(=O)c1ccc(Cl)cc1. The monoisotopic (exact) mass is 422 g/mol. The second-order valence-electron chi connectivity index (χ2n) is 5.92. The van der Waals surface area contributed by atoms with Gasteiger partial charge in [-0.25, -0.2) is 16.8 Å². The van der Waals surface area contributed by atoms with E-state index < -0.39 is 36.8 Å². The fourth-order valence-electron chi connectivity index (χ4n) is 2.31. The molecule has 0 amide bonds. The molecule has 25 heavy (non-hydrogen) atoms. The van der Waals surface area contributed by atoms with Crippen molar-refractivity contribution in [1.29, 1.82) is 0 Å². The average Bonchev–Trinajstić information content (AvgIpc) is 2.45. The smallest absolute Gasteiger partial charge is 0.181 e. The van der Waals surface area contributed by atoms with Crippen molar-refractivity contribution < 1.29 is 21.9 Å². The Morgan fingerprint density at radius 2 is 1.04 bits per heavy atom. The van der Waals surface area contributed by atoms with Gasteiger partial charge in [-0.1, -0.05) is 23.2 Å². The van der Waals surface area contributed by atoms with Crippen molar-refractivity contribution in [2.45, 2.75) is 22.3 Å². The third kappa shape index (κ3) is 5.43. The molecule has 0 saturated heterocycles. The summed E-state index contributed by atoms with van der Waals surface area (Å²) in [6.07, 6.45) is 0. The summed E-state index contributed by atoms with van der Waals surface area (Å²) in [7, 11) is -7.78. The van der Waals surface area contributed by atoms with Crippen LogP contribution in [0.2, 0.25) is 10.0 Å². The van der Waals surface area contributed by atoms with Crippen LogP contribution in [-0.2, 0) is 19.7 Å². The van der Waals surface area contributed by atoms with E-state index in [0.29, 0.717) is 10.0 Å². The first kappa shape index (κ1) is 20.2. The number of sulfone groups is 2.